The number of sulfonamides is 1. The second kappa shape index (κ2) is 6.71. The maximum absolute atomic E-state index is 12.1. The van der Waals surface area contributed by atoms with E-state index in [2.05, 4.69) is 0 Å². The third-order valence-corrected chi connectivity index (χ3v) is 5.57. The van der Waals surface area contributed by atoms with Crippen LogP contribution in [0, 0.1) is 5.92 Å². The summed E-state index contributed by atoms with van der Waals surface area (Å²) in [5.41, 5.74) is 5.65. The highest BCUT2D eigenvalue weighted by molar-refractivity contribution is 7.89. The number of hydrogen-bond acceptors (Lipinski definition) is 3. The molecule has 17 heavy (non-hydrogen) atoms. The Morgan fingerprint density at radius 2 is 1.88 bits per heavy atom. The van der Waals surface area contributed by atoms with Gasteiger partial charge in [0, 0.05) is 19.6 Å². The summed E-state index contributed by atoms with van der Waals surface area (Å²) in [6.45, 7) is 2.44. The molecule has 1 aliphatic rings. The van der Waals surface area contributed by atoms with Crippen molar-refractivity contribution in [2.75, 3.05) is 19.3 Å². The van der Waals surface area contributed by atoms with Gasteiger partial charge in [-0.3, -0.25) is 0 Å². The Morgan fingerprint density at radius 1 is 1.29 bits per heavy atom. The lowest BCUT2D eigenvalue weighted by Gasteiger charge is -2.25. The van der Waals surface area contributed by atoms with Gasteiger partial charge < -0.3 is 5.73 Å². The highest BCUT2D eigenvalue weighted by atomic mass is 32.2. The van der Waals surface area contributed by atoms with Gasteiger partial charge in [0.05, 0.1) is 5.75 Å². The topological polar surface area (TPSA) is 63.4 Å². The first-order valence-corrected chi connectivity index (χ1v) is 8.22. The van der Waals surface area contributed by atoms with E-state index in [-0.39, 0.29) is 6.04 Å². The van der Waals surface area contributed by atoms with Gasteiger partial charge in [0.25, 0.3) is 0 Å². The summed E-state index contributed by atoms with van der Waals surface area (Å²) < 4.78 is 25.7. The van der Waals surface area contributed by atoms with Crippen molar-refractivity contribution in [3.8, 4) is 0 Å². The van der Waals surface area contributed by atoms with Crippen molar-refractivity contribution in [1.82, 2.24) is 4.31 Å². The summed E-state index contributed by atoms with van der Waals surface area (Å²) >= 11 is 0. The minimum atomic E-state index is -3.08. The van der Waals surface area contributed by atoms with Crippen LogP contribution in [0.3, 0.4) is 0 Å². The molecule has 5 heteroatoms. The van der Waals surface area contributed by atoms with Crippen LogP contribution in [0.1, 0.15) is 45.4 Å². The molecule has 0 spiro atoms. The van der Waals surface area contributed by atoms with Crippen LogP contribution in [-0.2, 0) is 10.0 Å². The van der Waals surface area contributed by atoms with Gasteiger partial charge in [-0.15, -0.1) is 0 Å². The summed E-state index contributed by atoms with van der Waals surface area (Å²) in [4.78, 5) is 0. The van der Waals surface area contributed by atoms with E-state index in [1.165, 1.54) is 23.6 Å². The predicted octanol–water partition coefficient (Wildman–Crippen LogP) is 1.57. The van der Waals surface area contributed by atoms with Crippen LogP contribution in [-0.4, -0.2) is 38.1 Å². The van der Waals surface area contributed by atoms with Gasteiger partial charge in [-0.2, -0.15) is 0 Å². The van der Waals surface area contributed by atoms with Crippen LogP contribution in [0.4, 0.5) is 0 Å². The van der Waals surface area contributed by atoms with E-state index < -0.39 is 10.0 Å². The molecule has 1 rings (SSSR count). The van der Waals surface area contributed by atoms with Gasteiger partial charge in [-0.25, -0.2) is 12.7 Å². The van der Waals surface area contributed by atoms with E-state index in [4.69, 9.17) is 5.73 Å². The summed E-state index contributed by atoms with van der Waals surface area (Å²) in [6.07, 6.45) is 6.49. The molecule has 0 aromatic carbocycles. The monoisotopic (exact) mass is 262 g/mol. The highest BCUT2D eigenvalue weighted by Crippen LogP contribution is 2.25. The molecule has 102 valence electrons. The second-order valence-corrected chi connectivity index (χ2v) is 7.49. The Labute approximate surface area is 106 Å². The number of hydrogen-bond donors (Lipinski definition) is 1. The van der Waals surface area contributed by atoms with Crippen molar-refractivity contribution in [3.05, 3.63) is 0 Å². The van der Waals surface area contributed by atoms with Gasteiger partial charge in [-0.1, -0.05) is 19.3 Å². The Morgan fingerprint density at radius 3 is 2.41 bits per heavy atom. The van der Waals surface area contributed by atoms with Gasteiger partial charge in [0.2, 0.25) is 10.0 Å². The molecule has 0 saturated heterocycles. The largest absolute Gasteiger partial charge is 0.328 e. The van der Waals surface area contributed by atoms with E-state index in [9.17, 15) is 8.42 Å². The first-order valence-electron chi connectivity index (χ1n) is 6.61. The molecule has 1 unspecified atom stereocenters. The number of rotatable bonds is 6. The van der Waals surface area contributed by atoms with E-state index in [0.29, 0.717) is 18.2 Å². The quantitative estimate of drug-likeness (QED) is 0.790. The fourth-order valence-corrected chi connectivity index (χ4v) is 3.87. The van der Waals surface area contributed by atoms with E-state index in [1.54, 1.807) is 7.05 Å². The fourth-order valence-electron chi connectivity index (χ4n) is 2.30. The molecule has 1 atom stereocenters. The standard InChI is InChI=1S/C12H26N2O2S/c1-11(13)8-9-14(2)17(15,16)10-12-6-4-3-5-7-12/h11-12H,3-10,13H2,1-2H3. The maximum Gasteiger partial charge on any atom is 0.214 e. The lowest BCUT2D eigenvalue weighted by molar-refractivity contribution is 0.373. The average Bonchev–Trinajstić information content (AvgIpc) is 2.26. The number of nitrogens with two attached hydrogens (primary N) is 1. The van der Waals surface area contributed by atoms with Crippen molar-refractivity contribution in [1.29, 1.82) is 0 Å². The van der Waals surface area contributed by atoms with Crippen LogP contribution in [0.5, 0.6) is 0 Å². The van der Waals surface area contributed by atoms with Crippen LogP contribution >= 0.6 is 0 Å². The van der Waals surface area contributed by atoms with Crippen LogP contribution in [0.15, 0.2) is 0 Å². The van der Waals surface area contributed by atoms with E-state index in [1.807, 2.05) is 6.92 Å². The van der Waals surface area contributed by atoms with Gasteiger partial charge in [0.1, 0.15) is 0 Å². The summed E-state index contributed by atoms with van der Waals surface area (Å²) in [5, 5.41) is 0. The molecule has 0 aliphatic heterocycles. The van der Waals surface area contributed by atoms with Crippen LogP contribution in [0.25, 0.3) is 0 Å². The first kappa shape index (κ1) is 14.9. The van der Waals surface area contributed by atoms with Crippen molar-refractivity contribution in [2.45, 2.75) is 51.5 Å². The molecular formula is C12H26N2O2S. The minimum Gasteiger partial charge on any atom is -0.328 e. The van der Waals surface area contributed by atoms with E-state index >= 15 is 0 Å². The van der Waals surface area contributed by atoms with Crippen molar-refractivity contribution < 1.29 is 8.42 Å². The molecule has 0 heterocycles. The van der Waals surface area contributed by atoms with Crippen molar-refractivity contribution >= 4 is 10.0 Å². The normalized spacial score (nSPS) is 20.7. The lowest BCUT2D eigenvalue weighted by atomic mass is 9.91. The molecule has 0 radical (unpaired) electrons. The Kier molecular flexibility index (Phi) is 5.89. The van der Waals surface area contributed by atoms with E-state index in [0.717, 1.165) is 19.3 Å². The summed E-state index contributed by atoms with van der Waals surface area (Å²) in [5.74, 6) is 0.689. The summed E-state index contributed by atoms with van der Waals surface area (Å²) in [7, 11) is -1.41. The number of nitrogens with zero attached hydrogens (tertiary/aromatic N) is 1. The molecule has 0 bridgehead atoms. The Balaban J connectivity index is 2.43. The lowest BCUT2D eigenvalue weighted by Crippen LogP contribution is -2.35. The van der Waals surface area contributed by atoms with Crippen LogP contribution in [0.2, 0.25) is 0 Å². The van der Waals surface area contributed by atoms with Crippen LogP contribution < -0.4 is 5.73 Å². The fraction of sp³-hybridized carbons (Fsp3) is 1.00. The third-order valence-electron chi connectivity index (χ3n) is 3.55. The highest BCUT2D eigenvalue weighted by Gasteiger charge is 2.24. The smallest absolute Gasteiger partial charge is 0.214 e. The Bertz CT molecular complexity index is 308. The molecule has 0 aromatic rings. The Hall–Kier alpha value is -0.130. The second-order valence-electron chi connectivity index (χ2n) is 5.37. The minimum absolute atomic E-state index is 0.0577. The molecular weight excluding hydrogens is 236 g/mol. The zero-order valence-corrected chi connectivity index (χ0v) is 11.9. The molecule has 1 aliphatic carbocycles. The van der Waals surface area contributed by atoms with Crippen molar-refractivity contribution in [3.63, 3.8) is 0 Å². The SMILES string of the molecule is CC(N)CCN(C)S(=O)(=O)CC1CCCCC1. The maximum atomic E-state index is 12.1. The average molecular weight is 262 g/mol. The zero-order valence-electron chi connectivity index (χ0n) is 11.1. The van der Waals surface area contributed by atoms with Gasteiger partial charge in [-0.05, 0) is 32.1 Å². The molecule has 4 nitrogen and oxygen atoms in total. The third kappa shape index (κ3) is 5.36. The zero-order chi connectivity index (χ0) is 12.9. The first-order chi connectivity index (χ1) is 7.92. The van der Waals surface area contributed by atoms with Gasteiger partial charge in [0.15, 0.2) is 0 Å². The predicted molar refractivity (Wildman–Crippen MR) is 71.3 cm³/mol. The molecule has 0 aromatic heterocycles. The summed E-state index contributed by atoms with van der Waals surface area (Å²) in [6, 6.07) is 0.0577. The molecule has 2 N–H and O–H groups in total. The van der Waals surface area contributed by atoms with Crippen molar-refractivity contribution in [2.24, 2.45) is 11.7 Å². The molecule has 1 fully saturated rings. The molecule has 1 saturated carbocycles. The van der Waals surface area contributed by atoms with Gasteiger partial charge >= 0.3 is 0 Å². The molecule has 0 amide bonds.